The fraction of sp³-hybridized carbons (Fsp3) is 0.167. The van der Waals surface area contributed by atoms with Crippen LogP contribution in [-0.4, -0.2) is 20.4 Å². The van der Waals surface area contributed by atoms with Crippen molar-refractivity contribution < 1.29 is 13.2 Å². The third-order valence-corrected chi connectivity index (χ3v) is 8.09. The minimum atomic E-state index is -3.58. The van der Waals surface area contributed by atoms with E-state index in [1.165, 1.54) is 5.56 Å². The molecule has 0 bridgehead atoms. The number of benzene rings is 4. The number of fused-ring (bicyclic) bond motifs is 1. The van der Waals surface area contributed by atoms with E-state index >= 15 is 0 Å². The Balaban J connectivity index is 1.33. The molecule has 0 spiro atoms. The number of carbonyl (C=O) groups excluding carboxylic acids is 1. The number of aryl methyl sites for hydroxylation is 2. The number of anilines is 1. The Morgan fingerprint density at radius 3 is 2.22 bits per heavy atom. The molecule has 4 aromatic rings. The van der Waals surface area contributed by atoms with Gasteiger partial charge in [-0.25, -0.2) is 13.1 Å². The lowest BCUT2D eigenvalue weighted by molar-refractivity contribution is 0.102. The number of hydrogen-bond acceptors (Lipinski definition) is 3. The van der Waals surface area contributed by atoms with Crippen LogP contribution in [0, 0.1) is 13.8 Å². The van der Waals surface area contributed by atoms with Crippen LogP contribution >= 0.6 is 0 Å². The Bertz CT molecular complexity index is 1530. The fourth-order valence-corrected chi connectivity index (χ4v) is 5.95. The topological polar surface area (TPSA) is 75.3 Å². The van der Waals surface area contributed by atoms with Crippen molar-refractivity contribution in [3.8, 4) is 11.1 Å². The maximum Gasteiger partial charge on any atom is 0.256 e. The van der Waals surface area contributed by atoms with Gasteiger partial charge in [-0.2, -0.15) is 0 Å². The van der Waals surface area contributed by atoms with Crippen LogP contribution in [0.25, 0.3) is 11.1 Å². The third-order valence-electron chi connectivity index (χ3n) is 6.55. The van der Waals surface area contributed by atoms with E-state index in [2.05, 4.69) is 10.0 Å². The van der Waals surface area contributed by atoms with Crippen LogP contribution in [0.5, 0.6) is 0 Å². The molecule has 6 heteroatoms. The van der Waals surface area contributed by atoms with Crippen LogP contribution < -0.4 is 10.0 Å². The van der Waals surface area contributed by atoms with Crippen LogP contribution in [0.4, 0.5) is 5.69 Å². The first-order chi connectivity index (χ1) is 17.3. The highest BCUT2D eigenvalue weighted by Gasteiger charge is 2.27. The molecule has 1 atom stereocenters. The molecule has 2 N–H and O–H groups in total. The van der Waals surface area contributed by atoms with Gasteiger partial charge in [0.05, 0.1) is 4.90 Å². The van der Waals surface area contributed by atoms with Gasteiger partial charge in [0.25, 0.3) is 5.91 Å². The van der Waals surface area contributed by atoms with Gasteiger partial charge in [-0.3, -0.25) is 4.79 Å². The predicted octanol–water partition coefficient (Wildman–Crippen LogP) is 5.67. The number of nitrogens with one attached hydrogen (secondary N) is 2. The quantitative estimate of drug-likeness (QED) is 0.361. The summed E-state index contributed by atoms with van der Waals surface area (Å²) in [5.74, 6) is -0.173. The molecule has 1 aliphatic carbocycles. The monoisotopic (exact) mass is 496 g/mol. The second-order valence-electron chi connectivity index (χ2n) is 9.39. The highest BCUT2D eigenvalue weighted by Crippen LogP contribution is 2.29. The normalized spacial score (nSPS) is 14.9. The number of amides is 1. The molecule has 1 unspecified atom stereocenters. The van der Waals surface area contributed by atoms with Crippen LogP contribution in [0.2, 0.25) is 0 Å². The minimum absolute atomic E-state index is 0.173. The Morgan fingerprint density at radius 1 is 0.778 bits per heavy atom. The number of sulfonamides is 1. The molecule has 0 heterocycles. The van der Waals surface area contributed by atoms with Gasteiger partial charge in [-0.1, -0.05) is 71.8 Å². The van der Waals surface area contributed by atoms with Crippen molar-refractivity contribution >= 4 is 21.6 Å². The first kappa shape index (κ1) is 24.0. The molecule has 0 fully saturated rings. The molecular formula is C30H28N2O3S. The summed E-state index contributed by atoms with van der Waals surface area (Å²) in [5.41, 5.74) is 7.50. The standard InChI is InChI=1S/C30H28N2O3S/c1-20-8-11-22(12-9-20)28-15-10-21(2)16-29(28)30(33)31-25-14-13-23-17-26(19-24(23)18-25)32-36(34,35)27-6-4-3-5-7-27/h3-16,18,26,32H,17,19H2,1-2H3,(H,31,33). The molecule has 0 aromatic heterocycles. The van der Waals surface area contributed by atoms with Gasteiger partial charge in [0.15, 0.2) is 0 Å². The van der Waals surface area contributed by atoms with Gasteiger partial charge in [-0.15, -0.1) is 0 Å². The third kappa shape index (κ3) is 5.10. The lowest BCUT2D eigenvalue weighted by Crippen LogP contribution is -2.35. The second-order valence-corrected chi connectivity index (χ2v) is 11.1. The summed E-state index contributed by atoms with van der Waals surface area (Å²) in [4.78, 5) is 13.6. The molecule has 1 amide bonds. The average Bonchev–Trinajstić information content (AvgIpc) is 3.26. The van der Waals surface area contributed by atoms with Crippen LogP contribution in [0.1, 0.15) is 32.6 Å². The van der Waals surface area contributed by atoms with E-state index in [1.54, 1.807) is 30.3 Å². The molecule has 5 rings (SSSR count). The maximum atomic E-state index is 13.3. The largest absolute Gasteiger partial charge is 0.322 e. The summed E-state index contributed by atoms with van der Waals surface area (Å²) in [5, 5.41) is 3.05. The highest BCUT2D eigenvalue weighted by atomic mass is 32.2. The van der Waals surface area contributed by atoms with Crippen molar-refractivity contribution in [1.29, 1.82) is 0 Å². The van der Waals surface area contributed by atoms with Gasteiger partial charge in [0.1, 0.15) is 0 Å². The van der Waals surface area contributed by atoms with Crippen molar-refractivity contribution in [2.24, 2.45) is 0 Å². The van der Waals surface area contributed by atoms with E-state index < -0.39 is 10.0 Å². The Hall–Kier alpha value is -3.74. The van der Waals surface area contributed by atoms with Crippen molar-refractivity contribution in [3.63, 3.8) is 0 Å². The molecule has 0 saturated carbocycles. The van der Waals surface area contributed by atoms with Gasteiger partial charge in [-0.05, 0) is 79.3 Å². The van der Waals surface area contributed by atoms with Gasteiger partial charge in [0, 0.05) is 17.3 Å². The van der Waals surface area contributed by atoms with E-state index in [0.29, 0.717) is 24.1 Å². The van der Waals surface area contributed by atoms with Gasteiger partial charge < -0.3 is 5.32 Å². The van der Waals surface area contributed by atoms with Crippen molar-refractivity contribution in [3.05, 3.63) is 119 Å². The summed E-state index contributed by atoms with van der Waals surface area (Å²) >= 11 is 0. The smallest absolute Gasteiger partial charge is 0.256 e. The molecule has 36 heavy (non-hydrogen) atoms. The number of hydrogen-bond donors (Lipinski definition) is 2. The Morgan fingerprint density at radius 2 is 1.47 bits per heavy atom. The van der Waals surface area contributed by atoms with Crippen LogP contribution in [0.15, 0.2) is 95.9 Å². The Labute approximate surface area is 212 Å². The summed E-state index contributed by atoms with van der Waals surface area (Å²) in [7, 11) is -3.58. The SMILES string of the molecule is Cc1ccc(-c2ccc(C)cc2C(=O)Nc2ccc3c(c2)CC(NS(=O)(=O)c2ccccc2)C3)cc1. The van der Waals surface area contributed by atoms with E-state index in [9.17, 15) is 13.2 Å². The van der Waals surface area contributed by atoms with Crippen LogP contribution in [0.3, 0.4) is 0 Å². The predicted molar refractivity (Wildman–Crippen MR) is 144 cm³/mol. The number of carbonyl (C=O) groups is 1. The molecular weight excluding hydrogens is 468 g/mol. The van der Waals surface area contributed by atoms with Crippen molar-refractivity contribution in [1.82, 2.24) is 4.72 Å². The summed E-state index contributed by atoms with van der Waals surface area (Å²) in [6.07, 6.45) is 1.19. The summed E-state index contributed by atoms with van der Waals surface area (Å²) < 4.78 is 28.3. The summed E-state index contributed by atoms with van der Waals surface area (Å²) in [6.45, 7) is 4.01. The molecule has 182 valence electrons. The minimum Gasteiger partial charge on any atom is -0.322 e. The van der Waals surface area contributed by atoms with E-state index in [0.717, 1.165) is 27.8 Å². The molecule has 1 aliphatic rings. The maximum absolute atomic E-state index is 13.3. The van der Waals surface area contributed by atoms with Crippen molar-refractivity contribution in [2.45, 2.75) is 37.6 Å². The molecule has 0 saturated heterocycles. The fourth-order valence-electron chi connectivity index (χ4n) is 4.70. The molecule has 5 nitrogen and oxygen atoms in total. The summed E-state index contributed by atoms with van der Waals surface area (Å²) in [6, 6.07) is 28.0. The van der Waals surface area contributed by atoms with E-state index in [-0.39, 0.29) is 16.8 Å². The van der Waals surface area contributed by atoms with E-state index in [4.69, 9.17) is 0 Å². The van der Waals surface area contributed by atoms with Gasteiger partial charge >= 0.3 is 0 Å². The molecule has 4 aromatic carbocycles. The number of rotatable bonds is 6. The first-order valence-electron chi connectivity index (χ1n) is 12.0. The zero-order valence-corrected chi connectivity index (χ0v) is 21.1. The second kappa shape index (κ2) is 9.72. The average molecular weight is 497 g/mol. The van der Waals surface area contributed by atoms with Gasteiger partial charge in [0.2, 0.25) is 10.0 Å². The molecule has 0 aliphatic heterocycles. The van der Waals surface area contributed by atoms with E-state index in [1.807, 2.05) is 74.5 Å². The zero-order chi connectivity index (χ0) is 25.3. The van der Waals surface area contributed by atoms with Crippen LogP contribution in [-0.2, 0) is 22.9 Å². The lowest BCUT2D eigenvalue weighted by Gasteiger charge is -2.13. The first-order valence-corrected chi connectivity index (χ1v) is 13.4. The highest BCUT2D eigenvalue weighted by molar-refractivity contribution is 7.89. The van der Waals surface area contributed by atoms with Crippen molar-refractivity contribution in [2.75, 3.05) is 5.32 Å². The molecule has 0 radical (unpaired) electrons. The Kier molecular flexibility index (Phi) is 6.48. The zero-order valence-electron chi connectivity index (χ0n) is 20.3. The lowest BCUT2D eigenvalue weighted by atomic mass is 9.96.